The van der Waals surface area contributed by atoms with Crippen LogP contribution in [0.5, 0.6) is 0 Å². The van der Waals surface area contributed by atoms with E-state index in [0.717, 1.165) is 60.8 Å². The van der Waals surface area contributed by atoms with Crippen molar-refractivity contribution in [2.75, 3.05) is 0 Å². The number of nitrogens with zero attached hydrogens (tertiary/aromatic N) is 3. The molecule has 9 rings (SSSR count). The van der Waals surface area contributed by atoms with E-state index in [1.54, 1.807) is 18.3 Å². The molecule has 0 bridgehead atoms. The van der Waals surface area contributed by atoms with Crippen LogP contribution in [0.4, 0.5) is 0 Å². The third kappa shape index (κ3) is 8.50. The average molecular weight is 943 g/mol. The number of para-hydroxylation sites is 3. The fourth-order valence-corrected chi connectivity index (χ4v) is 8.45. The first-order chi connectivity index (χ1) is 28.9. The van der Waals surface area contributed by atoms with Crippen LogP contribution >= 0.6 is 0 Å². The Kier molecular flexibility index (Phi) is 9.60. The fraction of sp³-hybridized carbons (Fsp3) is 0.176. The number of fused-ring (bicyclic) bond motifs is 4. The van der Waals surface area contributed by atoms with E-state index >= 15 is 0 Å². The molecule has 0 saturated carbocycles. The second-order valence-corrected chi connectivity index (χ2v) is 21.1. The molecule has 0 aliphatic rings. The van der Waals surface area contributed by atoms with Crippen LogP contribution in [-0.2, 0) is 26.5 Å². The summed E-state index contributed by atoms with van der Waals surface area (Å²) < 4.78 is 48.6. The molecule has 6 aromatic carbocycles. The maximum atomic E-state index is 8.79. The number of aryl methyl sites for hydroxylation is 1. The summed E-state index contributed by atoms with van der Waals surface area (Å²) in [4.78, 5) is 9.61. The van der Waals surface area contributed by atoms with Crippen molar-refractivity contribution in [2.45, 2.75) is 53.6 Å². The number of hydrogen-bond acceptors (Lipinski definition) is 3. The molecule has 0 atom stereocenters. The first-order valence-corrected chi connectivity index (χ1v) is 22.4. The van der Waals surface area contributed by atoms with E-state index in [0.29, 0.717) is 16.8 Å². The zero-order chi connectivity index (χ0) is 43.3. The quantitative estimate of drug-likeness (QED) is 0.123. The van der Waals surface area contributed by atoms with Crippen LogP contribution in [0.15, 0.2) is 150 Å². The number of benzene rings is 6. The van der Waals surface area contributed by atoms with Crippen LogP contribution in [0.25, 0.3) is 72.4 Å². The Bertz CT molecular complexity index is 3020. The van der Waals surface area contributed by atoms with Gasteiger partial charge in [0.25, 0.3) is 0 Å². The van der Waals surface area contributed by atoms with Crippen molar-refractivity contribution in [1.29, 1.82) is 0 Å². The number of rotatable bonds is 6. The summed E-state index contributed by atoms with van der Waals surface area (Å²) in [6, 6.07) is 52.4. The second kappa shape index (κ2) is 16.2. The van der Waals surface area contributed by atoms with Gasteiger partial charge in [-0.3, -0.25) is 4.98 Å². The van der Waals surface area contributed by atoms with Crippen molar-refractivity contribution < 1.29 is 31.4 Å². The average Bonchev–Trinajstić information content (AvgIpc) is 3.82. The van der Waals surface area contributed by atoms with E-state index < -0.39 is 26.7 Å². The minimum Gasteiger partial charge on any atom is -0.501 e. The Morgan fingerprint density at radius 1 is 0.789 bits per heavy atom. The molecule has 0 fully saturated rings. The van der Waals surface area contributed by atoms with Gasteiger partial charge in [0.1, 0.15) is 5.58 Å². The summed E-state index contributed by atoms with van der Waals surface area (Å²) in [5, 5.41) is 3.17. The largest absolute Gasteiger partial charge is 0.501 e. The van der Waals surface area contributed by atoms with E-state index in [9.17, 15) is 0 Å². The van der Waals surface area contributed by atoms with Gasteiger partial charge in [-0.1, -0.05) is 143 Å². The Morgan fingerprint density at radius 3 is 2.30 bits per heavy atom. The van der Waals surface area contributed by atoms with E-state index in [2.05, 4.69) is 120 Å². The zero-order valence-electron chi connectivity index (χ0n) is 37.9. The molecule has 57 heavy (non-hydrogen) atoms. The van der Waals surface area contributed by atoms with Crippen LogP contribution < -0.4 is 5.19 Å². The van der Waals surface area contributed by atoms with Gasteiger partial charge in [-0.15, -0.1) is 53.6 Å². The zero-order valence-corrected chi connectivity index (χ0v) is 36.3. The number of aromatic nitrogens is 3. The molecule has 6 heteroatoms. The number of imidazole rings is 1. The van der Waals surface area contributed by atoms with E-state index in [-0.39, 0.29) is 25.7 Å². The Hall–Kier alpha value is -5.39. The van der Waals surface area contributed by atoms with Crippen molar-refractivity contribution in [2.24, 2.45) is 5.41 Å². The molecule has 9 aromatic rings. The third-order valence-electron chi connectivity index (χ3n) is 9.64. The van der Waals surface area contributed by atoms with Gasteiger partial charge in [0.15, 0.2) is 0 Å². The normalized spacial score (nSPS) is 13.5. The summed E-state index contributed by atoms with van der Waals surface area (Å²) in [6.45, 7) is 10.1. The Morgan fingerprint density at radius 2 is 1.54 bits per heavy atom. The van der Waals surface area contributed by atoms with Crippen molar-refractivity contribution >= 4 is 46.2 Å². The first-order valence-electron chi connectivity index (χ1n) is 21.4. The standard InChI is InChI=1S/C31H19N2O.C20H28NSi.Ir/c1-2-10-21(11-3-1)22-12-8-13-23(20-22)33-28-18-6-5-17-27(28)32-31(33)26-16-9-15-25-24-14-4-7-19-29(24)34-30(25)26;1-15-8-10-16(11-9-15)18-12-17(13-20(2,3)4)19(14-21-18)22(5,6)7;/h1-15,17-20H;8-10,12,14H,13H2,1-7H3;/q2*-1;/i;1D3,13D2;. The molecule has 3 heterocycles. The number of hydrogen-bond donors (Lipinski definition) is 0. The maximum absolute atomic E-state index is 8.79. The van der Waals surface area contributed by atoms with Gasteiger partial charge < -0.3 is 14.0 Å². The van der Waals surface area contributed by atoms with Gasteiger partial charge in [-0.25, -0.2) is 0 Å². The van der Waals surface area contributed by atoms with E-state index in [1.165, 1.54) is 11.6 Å². The minimum atomic E-state index is -2.17. The van der Waals surface area contributed by atoms with Crippen molar-refractivity contribution in [1.82, 2.24) is 14.5 Å². The molecule has 0 saturated heterocycles. The van der Waals surface area contributed by atoms with E-state index in [4.69, 9.17) is 16.3 Å². The third-order valence-corrected chi connectivity index (χ3v) is 11.7. The maximum Gasteiger partial charge on any atom is 0.120 e. The van der Waals surface area contributed by atoms with E-state index in [1.807, 2.05) is 63.2 Å². The topological polar surface area (TPSA) is 43.9 Å². The molecular weight excluding hydrogens is 891 g/mol. The molecule has 0 aliphatic carbocycles. The Labute approximate surface area is 358 Å². The smallest absolute Gasteiger partial charge is 0.120 e. The summed E-state index contributed by atoms with van der Waals surface area (Å²) in [6.07, 6.45) is 0.269. The van der Waals surface area contributed by atoms with Crippen molar-refractivity contribution in [3.8, 4) is 39.5 Å². The van der Waals surface area contributed by atoms with Gasteiger partial charge in [0, 0.05) is 44.2 Å². The van der Waals surface area contributed by atoms with Crippen LogP contribution in [0.3, 0.4) is 0 Å². The van der Waals surface area contributed by atoms with Crippen LogP contribution in [0, 0.1) is 24.4 Å². The summed E-state index contributed by atoms with van der Waals surface area (Å²) in [5.74, 6) is 0.816. The molecule has 0 aliphatic heterocycles. The summed E-state index contributed by atoms with van der Waals surface area (Å²) >= 11 is 0. The SMILES string of the molecule is [2H]C([2H])([2H])c1c[c-]c(-c2cc(C([2H])([2H])C(C)(C)C)c([Si](C)(C)C)cn2)cc1.[Ir].[c-]1ccc2c(oc3ccccc32)c1-c1nc2ccccc2n1-c1cccc(-c2ccccc2)c1. The molecule has 4 nitrogen and oxygen atoms in total. The molecule has 1 radical (unpaired) electrons. The van der Waals surface area contributed by atoms with Crippen molar-refractivity contribution in [3.05, 3.63) is 169 Å². The predicted molar refractivity (Wildman–Crippen MR) is 237 cm³/mol. The monoisotopic (exact) mass is 943 g/mol. The van der Waals surface area contributed by atoms with Crippen LogP contribution in [-0.4, -0.2) is 22.6 Å². The first kappa shape index (κ1) is 33.7. The van der Waals surface area contributed by atoms with Crippen molar-refractivity contribution in [3.63, 3.8) is 0 Å². The molecular formula is C51H47IrN3OSi-2. The summed E-state index contributed by atoms with van der Waals surface area (Å²) in [7, 11) is -1.81. The van der Waals surface area contributed by atoms with Crippen LogP contribution in [0.1, 0.15) is 38.8 Å². The number of pyridine rings is 1. The van der Waals surface area contributed by atoms with Crippen LogP contribution in [0.2, 0.25) is 19.6 Å². The predicted octanol–water partition coefficient (Wildman–Crippen LogP) is 13.0. The molecule has 287 valence electrons. The molecule has 0 amide bonds. The van der Waals surface area contributed by atoms with Gasteiger partial charge in [0.05, 0.1) is 30.5 Å². The van der Waals surface area contributed by atoms with Gasteiger partial charge >= 0.3 is 0 Å². The van der Waals surface area contributed by atoms with Gasteiger partial charge in [-0.05, 0) is 64.1 Å². The minimum absolute atomic E-state index is 0. The Balaban J connectivity index is 0.000000189. The molecule has 0 unspecified atom stereocenters. The molecule has 3 aromatic heterocycles. The number of furan rings is 1. The second-order valence-electron chi connectivity index (χ2n) is 16.1. The summed E-state index contributed by atoms with van der Waals surface area (Å²) in [5.41, 5.74) is 9.50. The molecule has 0 spiro atoms. The van der Waals surface area contributed by atoms with Gasteiger partial charge in [0.2, 0.25) is 0 Å². The molecule has 0 N–H and O–H groups in total. The van der Waals surface area contributed by atoms with Gasteiger partial charge in [-0.2, -0.15) is 0 Å². The fourth-order valence-electron chi connectivity index (χ4n) is 7.06.